The molecule has 0 spiro atoms. The number of oxazole rings is 1. The van der Waals surface area contributed by atoms with Crippen molar-refractivity contribution in [2.75, 3.05) is 12.4 Å². The Labute approximate surface area is 237 Å². The number of fused-ring (bicyclic) bond motifs is 2. The molecule has 1 amide bonds. The molecule has 0 unspecified atom stereocenters. The fraction of sp³-hybridized carbons (Fsp3) is 0.355. The Balaban J connectivity index is 1.37. The van der Waals surface area contributed by atoms with Crippen LogP contribution >= 0.6 is 0 Å². The van der Waals surface area contributed by atoms with Crippen LogP contribution in [0, 0.1) is 6.92 Å². The summed E-state index contributed by atoms with van der Waals surface area (Å²) in [7, 11) is 1.56. The quantitative estimate of drug-likeness (QED) is 0.203. The summed E-state index contributed by atoms with van der Waals surface area (Å²) in [5.74, 6) is 1.81. The van der Waals surface area contributed by atoms with Gasteiger partial charge in [0.1, 0.15) is 23.0 Å². The molecule has 2 aromatic carbocycles. The first kappa shape index (κ1) is 26.6. The molecule has 1 fully saturated rings. The Morgan fingerprint density at radius 3 is 2.63 bits per heavy atom. The number of nitrogens with zero attached hydrogens (tertiary/aromatic N) is 3. The number of aromatic amines is 1. The minimum absolute atomic E-state index is 0.0956. The second-order valence-corrected chi connectivity index (χ2v) is 11.5. The predicted octanol–water partition coefficient (Wildman–Crippen LogP) is 6.68. The Kier molecular flexibility index (Phi) is 6.76. The van der Waals surface area contributed by atoms with Crippen molar-refractivity contribution >= 4 is 39.7 Å². The number of carbonyl (C=O) groups is 1. The lowest BCUT2D eigenvalue weighted by atomic mass is 10.1. The Bertz CT molecular complexity index is 1740. The van der Waals surface area contributed by atoms with Crippen LogP contribution in [0.5, 0.6) is 11.6 Å². The number of methoxy groups -OCH3 is 1. The van der Waals surface area contributed by atoms with Gasteiger partial charge in [-0.25, -0.2) is 4.98 Å². The Morgan fingerprint density at radius 2 is 1.88 bits per heavy atom. The first-order chi connectivity index (χ1) is 19.7. The zero-order valence-electron chi connectivity index (χ0n) is 23.9. The molecule has 1 aliphatic rings. The van der Waals surface area contributed by atoms with Crippen LogP contribution in [0.25, 0.3) is 33.3 Å². The van der Waals surface area contributed by atoms with Crippen molar-refractivity contribution in [3.8, 4) is 22.8 Å². The zero-order chi connectivity index (χ0) is 28.7. The maximum absolute atomic E-state index is 12.7. The van der Waals surface area contributed by atoms with Crippen molar-refractivity contribution in [1.29, 1.82) is 0 Å². The van der Waals surface area contributed by atoms with Crippen molar-refractivity contribution < 1.29 is 18.7 Å². The number of aromatic nitrogens is 4. The number of hydrogen-bond acceptors (Lipinski definition) is 8. The number of rotatable bonds is 7. The van der Waals surface area contributed by atoms with E-state index in [9.17, 15) is 4.79 Å². The van der Waals surface area contributed by atoms with Gasteiger partial charge in [0, 0.05) is 29.8 Å². The molecule has 212 valence electrons. The standard InChI is InChI=1S/C31H34N6O4/c1-17-33-23-12-10-18(14-25(23)40-17)21-16-32-27-26(21)29(41-20-8-6-7-9-20)36-30(35-27)34-22-13-11-19(15-24(22)39-5)28(38)37-31(2,3)4/h10-16,20H,6-9H2,1-5H3,(H,37,38)(H2,32,34,35,36). The number of benzene rings is 2. The number of carbonyl (C=O) groups excluding carboxylic acids is 1. The molecule has 0 bridgehead atoms. The highest BCUT2D eigenvalue weighted by Gasteiger charge is 2.23. The topological polar surface area (TPSA) is 127 Å². The molecular weight excluding hydrogens is 520 g/mol. The number of nitrogens with one attached hydrogen (secondary N) is 3. The lowest BCUT2D eigenvalue weighted by Crippen LogP contribution is -2.40. The van der Waals surface area contributed by atoms with E-state index in [4.69, 9.17) is 23.9 Å². The molecule has 0 radical (unpaired) electrons. The molecule has 1 aliphatic carbocycles. The average molecular weight is 555 g/mol. The van der Waals surface area contributed by atoms with Gasteiger partial charge in [0.25, 0.3) is 5.91 Å². The summed E-state index contributed by atoms with van der Waals surface area (Å²) in [5, 5.41) is 7.05. The molecule has 0 aliphatic heterocycles. The van der Waals surface area contributed by atoms with Crippen molar-refractivity contribution in [2.24, 2.45) is 0 Å². The van der Waals surface area contributed by atoms with E-state index in [0.717, 1.165) is 53.3 Å². The van der Waals surface area contributed by atoms with Crippen LogP contribution < -0.4 is 20.1 Å². The van der Waals surface area contributed by atoms with Crippen molar-refractivity contribution in [3.63, 3.8) is 0 Å². The molecular formula is C31H34N6O4. The molecule has 5 aromatic rings. The highest BCUT2D eigenvalue weighted by molar-refractivity contribution is 5.99. The number of amides is 1. The van der Waals surface area contributed by atoms with Gasteiger partial charge in [-0.3, -0.25) is 4.79 Å². The van der Waals surface area contributed by atoms with Gasteiger partial charge >= 0.3 is 0 Å². The maximum Gasteiger partial charge on any atom is 0.251 e. The zero-order valence-corrected chi connectivity index (χ0v) is 23.9. The number of hydrogen-bond donors (Lipinski definition) is 3. The third-order valence-corrected chi connectivity index (χ3v) is 7.08. The molecule has 3 N–H and O–H groups in total. The summed E-state index contributed by atoms with van der Waals surface area (Å²) in [6.07, 6.45) is 6.26. The van der Waals surface area contributed by atoms with E-state index < -0.39 is 0 Å². The van der Waals surface area contributed by atoms with E-state index in [1.54, 1.807) is 25.3 Å². The van der Waals surface area contributed by atoms with Gasteiger partial charge in [0.05, 0.1) is 18.2 Å². The van der Waals surface area contributed by atoms with E-state index in [0.29, 0.717) is 40.4 Å². The minimum atomic E-state index is -0.353. The van der Waals surface area contributed by atoms with Gasteiger partial charge in [-0.1, -0.05) is 6.07 Å². The summed E-state index contributed by atoms with van der Waals surface area (Å²) in [6, 6.07) is 11.2. The monoisotopic (exact) mass is 554 g/mol. The van der Waals surface area contributed by atoms with Gasteiger partial charge in [0.15, 0.2) is 11.5 Å². The normalized spacial score (nSPS) is 14.1. The van der Waals surface area contributed by atoms with E-state index in [1.807, 2.05) is 52.1 Å². The molecule has 6 rings (SSSR count). The lowest BCUT2D eigenvalue weighted by Gasteiger charge is -2.21. The number of anilines is 2. The highest BCUT2D eigenvalue weighted by atomic mass is 16.5. The van der Waals surface area contributed by atoms with Gasteiger partial charge in [0.2, 0.25) is 11.8 Å². The van der Waals surface area contributed by atoms with Crippen LogP contribution in [0.3, 0.4) is 0 Å². The van der Waals surface area contributed by atoms with E-state index in [-0.39, 0.29) is 17.6 Å². The summed E-state index contributed by atoms with van der Waals surface area (Å²) >= 11 is 0. The van der Waals surface area contributed by atoms with Crippen LogP contribution in [-0.4, -0.2) is 44.6 Å². The number of H-pyrrole nitrogens is 1. The van der Waals surface area contributed by atoms with Crippen LogP contribution in [0.1, 0.15) is 62.7 Å². The van der Waals surface area contributed by atoms with E-state index in [2.05, 4.69) is 20.6 Å². The largest absolute Gasteiger partial charge is 0.495 e. The van der Waals surface area contributed by atoms with Crippen molar-refractivity contribution in [1.82, 2.24) is 25.3 Å². The molecule has 3 aromatic heterocycles. The Hall–Kier alpha value is -4.60. The molecule has 3 heterocycles. The molecule has 10 heteroatoms. The van der Waals surface area contributed by atoms with E-state index in [1.165, 1.54) is 0 Å². The number of aryl methyl sites for hydroxylation is 1. The minimum Gasteiger partial charge on any atom is -0.495 e. The van der Waals surface area contributed by atoms with Crippen molar-refractivity contribution in [3.05, 3.63) is 54.0 Å². The molecule has 0 atom stereocenters. The molecule has 0 saturated heterocycles. The maximum atomic E-state index is 12.7. The fourth-order valence-corrected chi connectivity index (χ4v) is 5.21. The smallest absolute Gasteiger partial charge is 0.251 e. The van der Waals surface area contributed by atoms with Crippen LogP contribution in [0.2, 0.25) is 0 Å². The molecule has 1 saturated carbocycles. The van der Waals surface area contributed by atoms with Gasteiger partial charge < -0.3 is 29.5 Å². The van der Waals surface area contributed by atoms with E-state index >= 15 is 0 Å². The second kappa shape index (κ2) is 10.4. The summed E-state index contributed by atoms with van der Waals surface area (Å²) in [5.41, 5.74) is 4.81. The summed E-state index contributed by atoms with van der Waals surface area (Å²) < 4.78 is 17.9. The first-order valence-corrected chi connectivity index (χ1v) is 13.9. The second-order valence-electron chi connectivity index (χ2n) is 11.5. The average Bonchev–Trinajstić information content (AvgIpc) is 3.67. The summed E-state index contributed by atoms with van der Waals surface area (Å²) in [4.78, 5) is 30.0. The van der Waals surface area contributed by atoms with Gasteiger partial charge in [-0.2, -0.15) is 9.97 Å². The predicted molar refractivity (Wildman–Crippen MR) is 158 cm³/mol. The van der Waals surface area contributed by atoms with Crippen LogP contribution in [0.15, 0.2) is 47.0 Å². The van der Waals surface area contributed by atoms with Crippen LogP contribution in [0.4, 0.5) is 11.6 Å². The first-order valence-electron chi connectivity index (χ1n) is 13.9. The van der Waals surface area contributed by atoms with Gasteiger partial charge in [-0.05, 0) is 82.3 Å². The highest BCUT2D eigenvalue weighted by Crippen LogP contribution is 2.38. The molecule has 10 nitrogen and oxygen atoms in total. The fourth-order valence-electron chi connectivity index (χ4n) is 5.21. The number of ether oxygens (including phenoxy) is 2. The SMILES string of the molecule is COc1cc(C(=O)NC(C)(C)C)ccc1Nc1nc(OC2CCCC2)c2c(-c3ccc4nc(C)oc4c3)c[nH]c2n1. The Morgan fingerprint density at radius 1 is 1.07 bits per heavy atom. The third kappa shape index (κ3) is 5.54. The summed E-state index contributed by atoms with van der Waals surface area (Å²) in [6.45, 7) is 7.66. The third-order valence-electron chi connectivity index (χ3n) is 7.08. The lowest BCUT2D eigenvalue weighted by molar-refractivity contribution is 0.0919. The molecule has 41 heavy (non-hydrogen) atoms. The van der Waals surface area contributed by atoms with Crippen molar-refractivity contribution in [2.45, 2.75) is 65.0 Å². The van der Waals surface area contributed by atoms with Crippen LogP contribution in [-0.2, 0) is 0 Å². The van der Waals surface area contributed by atoms with Gasteiger partial charge in [-0.15, -0.1) is 0 Å².